The van der Waals surface area contributed by atoms with Crippen molar-refractivity contribution >= 4 is 40.2 Å². The fourth-order valence-corrected chi connectivity index (χ4v) is 4.50. The van der Waals surface area contributed by atoms with Crippen LogP contribution in [0.1, 0.15) is 25.0 Å². The Morgan fingerprint density at radius 1 is 0.941 bits per heavy atom. The van der Waals surface area contributed by atoms with Gasteiger partial charge in [-0.3, -0.25) is 10.3 Å². The molecule has 0 radical (unpaired) electrons. The van der Waals surface area contributed by atoms with E-state index in [1.165, 1.54) is 11.0 Å². The van der Waals surface area contributed by atoms with Crippen molar-refractivity contribution in [3.8, 4) is 17.2 Å². The van der Waals surface area contributed by atoms with Crippen LogP contribution in [-0.2, 0) is 6.18 Å². The van der Waals surface area contributed by atoms with Gasteiger partial charge in [-0.25, -0.2) is 0 Å². The van der Waals surface area contributed by atoms with Crippen molar-refractivity contribution in [3.05, 3.63) is 77.9 Å². The van der Waals surface area contributed by atoms with Crippen LogP contribution < -0.4 is 15.5 Å². The molecule has 0 amide bonds. The van der Waals surface area contributed by atoms with Crippen molar-refractivity contribution in [1.29, 1.82) is 10.7 Å². The zero-order valence-electron chi connectivity index (χ0n) is 18.3. The van der Waals surface area contributed by atoms with Crippen LogP contribution in [0.5, 0.6) is 0 Å². The second kappa shape index (κ2) is 8.15. The van der Waals surface area contributed by atoms with Crippen LogP contribution >= 0.6 is 12.2 Å². The minimum atomic E-state index is -4.71. The molecule has 0 aliphatic carbocycles. The molecule has 0 spiro atoms. The molecule has 4 rings (SSSR count). The van der Waals surface area contributed by atoms with E-state index in [4.69, 9.17) is 28.6 Å². The van der Waals surface area contributed by atoms with Gasteiger partial charge < -0.3 is 10.6 Å². The first-order valence-electron chi connectivity index (χ1n) is 10.3. The third-order valence-electron chi connectivity index (χ3n) is 5.80. The molecule has 34 heavy (non-hydrogen) atoms. The predicted octanol–water partition coefficient (Wildman–Crippen LogP) is 6.19. The number of rotatable bonds is 3. The molecule has 3 N–H and O–H groups in total. The maximum Gasteiger partial charge on any atom is 0.417 e. The molecule has 9 heteroatoms. The van der Waals surface area contributed by atoms with Crippen molar-refractivity contribution in [2.24, 2.45) is 0 Å². The van der Waals surface area contributed by atoms with Crippen LogP contribution in [0.15, 0.2) is 66.7 Å². The Kier molecular flexibility index (Phi) is 5.58. The van der Waals surface area contributed by atoms with Gasteiger partial charge in [-0.1, -0.05) is 24.3 Å². The van der Waals surface area contributed by atoms with E-state index in [-0.39, 0.29) is 16.6 Å². The number of nitrogens with two attached hydrogens (primary N) is 1. The van der Waals surface area contributed by atoms with Gasteiger partial charge in [-0.05, 0) is 79.7 Å². The smallest absolute Gasteiger partial charge is 0.399 e. The predicted molar refractivity (Wildman–Crippen MR) is 132 cm³/mol. The summed E-state index contributed by atoms with van der Waals surface area (Å²) in [5.74, 6) is 0.0259. The normalized spacial score (nSPS) is 15.5. The Labute approximate surface area is 200 Å². The summed E-state index contributed by atoms with van der Waals surface area (Å²) in [7, 11) is 0. The number of hydrogen-bond donors (Lipinski definition) is 2. The van der Waals surface area contributed by atoms with Gasteiger partial charge in [0, 0.05) is 11.4 Å². The lowest BCUT2D eigenvalue weighted by molar-refractivity contribution is -0.137. The van der Waals surface area contributed by atoms with E-state index < -0.39 is 22.8 Å². The number of anilines is 3. The average molecular weight is 480 g/mol. The first-order chi connectivity index (χ1) is 15.9. The van der Waals surface area contributed by atoms with E-state index in [1.807, 2.05) is 48.5 Å². The Bertz CT molecular complexity index is 1320. The number of nitrogen functional groups attached to an aromatic ring is 1. The highest BCUT2D eigenvalue weighted by Gasteiger charge is 2.48. The number of halogens is 3. The molecular formula is C25H20F3N5S. The third-order valence-corrected chi connectivity index (χ3v) is 6.17. The van der Waals surface area contributed by atoms with E-state index in [1.54, 1.807) is 24.8 Å². The van der Waals surface area contributed by atoms with Crippen LogP contribution in [0.3, 0.4) is 0 Å². The number of benzene rings is 3. The van der Waals surface area contributed by atoms with Gasteiger partial charge in [-0.2, -0.15) is 18.4 Å². The van der Waals surface area contributed by atoms with Crippen LogP contribution in [-0.4, -0.2) is 16.5 Å². The summed E-state index contributed by atoms with van der Waals surface area (Å²) in [6.07, 6.45) is -4.71. The summed E-state index contributed by atoms with van der Waals surface area (Å²) in [6, 6.07) is 19.9. The van der Waals surface area contributed by atoms with Crippen molar-refractivity contribution in [3.63, 3.8) is 0 Å². The van der Waals surface area contributed by atoms with Gasteiger partial charge in [-0.15, -0.1) is 0 Å². The quantitative estimate of drug-likeness (QED) is 0.346. The molecule has 3 aromatic rings. The molecule has 1 aliphatic heterocycles. The minimum Gasteiger partial charge on any atom is -0.399 e. The molecule has 0 unspecified atom stereocenters. The van der Waals surface area contributed by atoms with Crippen LogP contribution in [0, 0.1) is 16.7 Å². The van der Waals surface area contributed by atoms with E-state index in [9.17, 15) is 13.2 Å². The number of alkyl halides is 3. The van der Waals surface area contributed by atoms with E-state index in [0.29, 0.717) is 11.4 Å². The Hall–Kier alpha value is -3.90. The number of thiocarbonyl (C=S) groups is 1. The average Bonchev–Trinajstić information content (AvgIpc) is 2.97. The van der Waals surface area contributed by atoms with E-state index >= 15 is 0 Å². The van der Waals surface area contributed by atoms with Gasteiger partial charge >= 0.3 is 6.18 Å². The maximum atomic E-state index is 13.5. The fraction of sp³-hybridized carbons (Fsp3) is 0.160. The molecule has 3 aromatic carbocycles. The van der Waals surface area contributed by atoms with E-state index in [0.717, 1.165) is 23.3 Å². The summed E-state index contributed by atoms with van der Waals surface area (Å²) < 4.78 is 40.6. The maximum absolute atomic E-state index is 13.5. The highest BCUT2D eigenvalue weighted by atomic mass is 32.1. The number of nitrogens with zero attached hydrogens (tertiary/aromatic N) is 3. The first kappa shape index (κ1) is 23.3. The highest BCUT2D eigenvalue weighted by Crippen LogP contribution is 2.40. The molecule has 1 heterocycles. The molecule has 1 aliphatic rings. The SMILES string of the molecule is CC1(C)C(=N)N(c2ccc(C#N)c(C(F)(F)F)c2)C(=S)N1c1ccc(-c2ccc(N)cc2)cc1. The Morgan fingerprint density at radius 3 is 2.00 bits per heavy atom. The van der Waals surface area contributed by atoms with Crippen molar-refractivity contribution in [2.75, 3.05) is 15.5 Å². The second-order valence-electron chi connectivity index (χ2n) is 8.37. The molecule has 0 atom stereocenters. The standard InChI is InChI=1S/C25H20F3N5S/c1-24(2)22(31)32(20-12-7-17(14-29)21(13-20)25(26,27)28)23(34)33(24)19-10-5-16(6-11-19)15-3-8-18(30)9-4-15/h3-13,31H,30H2,1-2H3. The molecule has 1 saturated heterocycles. The van der Waals surface area contributed by atoms with Crippen LogP contribution in [0.4, 0.5) is 30.2 Å². The number of nitriles is 1. The summed E-state index contributed by atoms with van der Waals surface area (Å²) in [5, 5.41) is 18.0. The lowest BCUT2D eigenvalue weighted by atomic mass is 10.0. The van der Waals surface area contributed by atoms with Crippen LogP contribution in [0.25, 0.3) is 11.1 Å². The van der Waals surface area contributed by atoms with Gasteiger partial charge in [0.2, 0.25) is 0 Å². The van der Waals surface area contributed by atoms with Gasteiger partial charge in [0.15, 0.2) is 5.11 Å². The molecule has 172 valence electrons. The number of nitrogens with one attached hydrogen (secondary N) is 1. The second-order valence-corrected chi connectivity index (χ2v) is 8.73. The highest BCUT2D eigenvalue weighted by molar-refractivity contribution is 7.81. The van der Waals surface area contributed by atoms with Gasteiger partial charge in [0.25, 0.3) is 0 Å². The monoisotopic (exact) mass is 479 g/mol. The van der Waals surface area contributed by atoms with E-state index in [2.05, 4.69) is 0 Å². The molecule has 0 bridgehead atoms. The fourth-order valence-electron chi connectivity index (χ4n) is 3.97. The lowest BCUT2D eigenvalue weighted by Gasteiger charge is -2.30. The largest absolute Gasteiger partial charge is 0.417 e. The summed E-state index contributed by atoms with van der Waals surface area (Å²) in [5.41, 5.74) is 6.67. The lowest BCUT2D eigenvalue weighted by Crippen LogP contribution is -2.44. The molecule has 0 saturated carbocycles. The molecule has 0 aromatic heterocycles. The topological polar surface area (TPSA) is 80.1 Å². The Morgan fingerprint density at radius 2 is 1.47 bits per heavy atom. The molecular weight excluding hydrogens is 459 g/mol. The molecule has 5 nitrogen and oxygen atoms in total. The van der Waals surface area contributed by atoms with Crippen molar-refractivity contribution < 1.29 is 13.2 Å². The number of amidine groups is 1. The summed E-state index contributed by atoms with van der Waals surface area (Å²) in [4.78, 5) is 3.04. The van der Waals surface area contributed by atoms with Gasteiger partial charge in [0.05, 0.1) is 28.4 Å². The van der Waals surface area contributed by atoms with Crippen molar-refractivity contribution in [2.45, 2.75) is 25.6 Å². The van der Waals surface area contributed by atoms with Crippen molar-refractivity contribution in [1.82, 2.24) is 0 Å². The number of hydrogen-bond acceptors (Lipinski definition) is 4. The minimum absolute atomic E-state index is 0.0259. The van der Waals surface area contributed by atoms with Crippen LogP contribution in [0.2, 0.25) is 0 Å². The first-order valence-corrected chi connectivity index (χ1v) is 10.7. The third kappa shape index (κ3) is 3.86. The molecule has 1 fully saturated rings. The zero-order chi connectivity index (χ0) is 24.8. The summed E-state index contributed by atoms with van der Waals surface area (Å²) >= 11 is 5.64. The summed E-state index contributed by atoms with van der Waals surface area (Å²) in [6.45, 7) is 3.56. The Balaban J connectivity index is 1.72. The zero-order valence-corrected chi connectivity index (χ0v) is 19.1. The van der Waals surface area contributed by atoms with Gasteiger partial charge in [0.1, 0.15) is 5.84 Å².